The minimum Gasteiger partial charge on any atom is -0.459 e. The van der Waals surface area contributed by atoms with E-state index in [1.165, 1.54) is 39.2 Å². The number of benzene rings is 2. The first kappa shape index (κ1) is 66.8. The second-order valence-electron chi connectivity index (χ2n) is 26.7. The Morgan fingerprint density at radius 1 is 0.533 bits per heavy atom. The lowest BCUT2D eigenvalue weighted by Gasteiger charge is -2.39. The first-order valence-corrected chi connectivity index (χ1v) is 32.1. The van der Waals surface area contributed by atoms with E-state index in [-0.39, 0.29) is 57.6 Å². The number of aryl methyl sites for hydroxylation is 2. The predicted molar refractivity (Wildman–Crippen MR) is 331 cm³/mol. The van der Waals surface area contributed by atoms with Crippen molar-refractivity contribution in [3.63, 3.8) is 0 Å². The third-order valence-electron chi connectivity index (χ3n) is 17.8. The van der Waals surface area contributed by atoms with E-state index in [2.05, 4.69) is 30.9 Å². The average molecular weight is 1250 g/mol. The topological polar surface area (TPSA) is 267 Å². The molecule has 2 saturated heterocycles. The van der Waals surface area contributed by atoms with Gasteiger partial charge in [0, 0.05) is 77.3 Å². The van der Waals surface area contributed by atoms with E-state index in [1.54, 1.807) is 89.5 Å². The largest absolute Gasteiger partial charge is 0.459 e. The highest BCUT2D eigenvalue weighted by Gasteiger charge is 2.40. The van der Waals surface area contributed by atoms with Crippen molar-refractivity contribution in [2.45, 2.75) is 194 Å². The Bertz CT molecular complexity index is 3250. The lowest BCUT2D eigenvalue weighted by atomic mass is 9.85. The van der Waals surface area contributed by atoms with E-state index in [0.717, 1.165) is 77.0 Å². The van der Waals surface area contributed by atoms with Gasteiger partial charge in [0.1, 0.15) is 69.6 Å². The quantitative estimate of drug-likeness (QED) is 0.0739. The molecule has 10 rings (SSSR count). The van der Waals surface area contributed by atoms with Gasteiger partial charge < -0.3 is 48.9 Å². The number of aromatic amines is 2. The maximum Gasteiger partial charge on any atom is 0.328 e. The molecule has 90 heavy (non-hydrogen) atoms. The van der Waals surface area contributed by atoms with E-state index < -0.39 is 58.9 Å². The normalized spacial score (nSPS) is 18.7. The summed E-state index contributed by atoms with van der Waals surface area (Å²) >= 11 is 0. The van der Waals surface area contributed by atoms with Gasteiger partial charge in [-0.05, 0) is 105 Å². The minimum absolute atomic E-state index is 0.0368. The zero-order valence-corrected chi connectivity index (χ0v) is 53.9. The fraction of sp³-hybridized carbons (Fsp3) is 0.606. The van der Waals surface area contributed by atoms with E-state index in [1.807, 2.05) is 9.80 Å². The SMILES string of the molecule is CC(=O)N1CCN([C@@H](C(=O)OC(C)(C)C)c2ccc3[nH]c([C@@H](NC(=O)c4conc4C)C4CCCCCCC4)nc3c2F)CC1.CC(=O)N1CCN([C@H](C(=O)OC(C)(C)C)c2ccc3[nH]c([C@H](NC(=O)c4conc4C)C4CCCCCCC4)nc3c2F)CC1. The number of carbonyl (C=O) groups is 6. The number of H-pyrrole nitrogens is 2. The van der Waals surface area contributed by atoms with Crippen molar-refractivity contribution in [2.75, 3.05) is 52.4 Å². The van der Waals surface area contributed by atoms with Gasteiger partial charge in [-0.15, -0.1) is 0 Å². The summed E-state index contributed by atoms with van der Waals surface area (Å²) in [5.41, 5.74) is 1.60. The van der Waals surface area contributed by atoms with Crippen molar-refractivity contribution in [3.05, 3.63) is 93.7 Å². The summed E-state index contributed by atoms with van der Waals surface area (Å²) < 4.78 is 54.7. The van der Waals surface area contributed by atoms with Crippen molar-refractivity contribution < 1.29 is 56.1 Å². The maximum absolute atomic E-state index is 16.6. The van der Waals surface area contributed by atoms with Crippen LogP contribution in [-0.2, 0) is 28.7 Å². The lowest BCUT2D eigenvalue weighted by Crippen LogP contribution is -2.51. The van der Waals surface area contributed by atoms with E-state index in [0.29, 0.717) is 97.6 Å². The Labute approximate surface area is 524 Å². The molecular formula is C66H90F2N12O10. The Kier molecular flexibility index (Phi) is 21.6. The molecule has 488 valence electrons. The zero-order chi connectivity index (χ0) is 64.6. The summed E-state index contributed by atoms with van der Waals surface area (Å²) in [4.78, 5) is 101. The molecule has 2 aromatic carbocycles. The number of carbonyl (C=O) groups excluding carboxylic acids is 6. The molecular weight excluding hydrogens is 1160 g/mol. The number of fused-ring (bicyclic) bond motifs is 2. The number of nitrogens with one attached hydrogen (secondary N) is 4. The van der Waals surface area contributed by atoms with E-state index in [4.69, 9.17) is 28.5 Å². The molecule has 4 fully saturated rings. The Morgan fingerprint density at radius 2 is 0.867 bits per heavy atom. The van der Waals surface area contributed by atoms with Gasteiger partial charge in [0.15, 0.2) is 11.6 Å². The first-order chi connectivity index (χ1) is 42.8. The van der Waals surface area contributed by atoms with Gasteiger partial charge >= 0.3 is 11.9 Å². The molecule has 4 aliphatic rings. The minimum atomic E-state index is -1.01. The van der Waals surface area contributed by atoms with Crippen LogP contribution in [0.15, 0.2) is 45.8 Å². The van der Waals surface area contributed by atoms with Gasteiger partial charge in [0.2, 0.25) is 11.8 Å². The summed E-state index contributed by atoms with van der Waals surface area (Å²) in [6.07, 6.45) is 17.4. The predicted octanol–water partition coefficient (Wildman–Crippen LogP) is 10.8. The molecule has 0 radical (unpaired) electrons. The highest BCUT2D eigenvalue weighted by Crippen LogP contribution is 2.39. The van der Waals surface area contributed by atoms with Crippen LogP contribution in [0, 0.1) is 37.3 Å². The Balaban J connectivity index is 0.000000213. The molecule has 4 aromatic heterocycles. The number of rotatable bonds is 14. The summed E-state index contributed by atoms with van der Waals surface area (Å²) in [7, 11) is 0. The van der Waals surface area contributed by atoms with Gasteiger partial charge in [-0.1, -0.05) is 86.7 Å². The maximum atomic E-state index is 16.6. The molecule has 4 atom stereocenters. The van der Waals surface area contributed by atoms with Gasteiger partial charge in [-0.3, -0.25) is 29.0 Å². The number of hydrogen-bond donors (Lipinski definition) is 4. The number of amides is 4. The summed E-state index contributed by atoms with van der Waals surface area (Å²) in [6, 6.07) is 3.68. The number of hydrogen-bond acceptors (Lipinski definition) is 16. The molecule has 0 spiro atoms. The van der Waals surface area contributed by atoms with Crippen molar-refractivity contribution in [1.82, 2.24) is 60.5 Å². The van der Waals surface area contributed by atoms with Crippen molar-refractivity contribution in [1.29, 1.82) is 0 Å². The van der Waals surface area contributed by atoms with Crippen LogP contribution in [0.5, 0.6) is 0 Å². The molecule has 6 aromatic rings. The highest BCUT2D eigenvalue weighted by atomic mass is 19.1. The number of piperazine rings is 2. The molecule has 0 unspecified atom stereocenters. The van der Waals surface area contributed by atoms with Crippen LogP contribution in [0.4, 0.5) is 8.78 Å². The third kappa shape index (κ3) is 16.3. The van der Waals surface area contributed by atoms with Gasteiger partial charge in [0.25, 0.3) is 11.8 Å². The second kappa shape index (κ2) is 29.1. The molecule has 6 heterocycles. The number of aromatic nitrogens is 6. The molecule has 24 heteroatoms. The van der Waals surface area contributed by atoms with Gasteiger partial charge in [0.05, 0.1) is 34.5 Å². The number of esters is 2. The average Bonchev–Trinajstić information content (AvgIpc) is 1.56. The third-order valence-corrected chi connectivity index (χ3v) is 17.8. The van der Waals surface area contributed by atoms with E-state index in [9.17, 15) is 28.8 Å². The van der Waals surface area contributed by atoms with Crippen LogP contribution in [0.2, 0.25) is 0 Å². The Morgan fingerprint density at radius 3 is 1.17 bits per heavy atom. The van der Waals surface area contributed by atoms with Gasteiger partial charge in [-0.25, -0.2) is 28.3 Å². The van der Waals surface area contributed by atoms with Crippen LogP contribution in [0.3, 0.4) is 0 Å². The van der Waals surface area contributed by atoms with Crippen molar-refractivity contribution in [3.8, 4) is 0 Å². The van der Waals surface area contributed by atoms with Gasteiger partial charge in [-0.2, -0.15) is 0 Å². The van der Waals surface area contributed by atoms with Crippen LogP contribution < -0.4 is 10.6 Å². The first-order valence-electron chi connectivity index (χ1n) is 32.1. The molecule has 2 aliphatic heterocycles. The molecule has 2 saturated carbocycles. The standard InChI is InChI=1S/2C33H45FN6O5/c2*1-20-24(19-44-38-20)31(42)37-27(22-11-9-7-6-8-10-12-22)30-35-25-14-13-23(26(34)28(25)36-30)29(32(43)45-33(3,4)5)40-17-15-39(16-18-40)21(2)41/h2*13-14,19,22,27,29H,6-12,15-18H2,1-5H3,(H,35,36)(H,37,42)/t2*27-,29+/m10/s1. The van der Waals surface area contributed by atoms with Crippen LogP contribution in [0.25, 0.3) is 22.1 Å². The zero-order valence-electron chi connectivity index (χ0n) is 53.9. The molecule has 2 aliphatic carbocycles. The second-order valence-corrected chi connectivity index (χ2v) is 26.7. The highest BCUT2D eigenvalue weighted by molar-refractivity contribution is 5.96. The summed E-state index contributed by atoms with van der Waals surface area (Å²) in [5, 5.41) is 14.0. The molecule has 22 nitrogen and oxygen atoms in total. The van der Waals surface area contributed by atoms with Crippen LogP contribution in [-0.4, -0.2) is 149 Å². The van der Waals surface area contributed by atoms with Crippen LogP contribution >= 0.6 is 0 Å². The number of imidazole rings is 2. The fourth-order valence-electron chi connectivity index (χ4n) is 13.0. The molecule has 4 amide bonds. The number of nitrogens with zero attached hydrogens (tertiary/aromatic N) is 8. The molecule has 0 bridgehead atoms. The monoisotopic (exact) mass is 1250 g/mol. The number of halogens is 2. The summed E-state index contributed by atoms with van der Waals surface area (Å²) in [6.45, 7) is 20.4. The summed E-state index contributed by atoms with van der Waals surface area (Å²) in [5.74, 6) is -1.92. The Hall–Kier alpha value is -7.60. The lowest BCUT2D eigenvalue weighted by molar-refractivity contribution is -0.164. The fourth-order valence-corrected chi connectivity index (χ4v) is 13.0. The van der Waals surface area contributed by atoms with Crippen molar-refractivity contribution in [2.24, 2.45) is 11.8 Å². The number of ether oxygens (including phenoxy) is 2. The van der Waals surface area contributed by atoms with Crippen LogP contribution in [0.1, 0.15) is 224 Å². The van der Waals surface area contributed by atoms with E-state index >= 15 is 8.78 Å². The smallest absolute Gasteiger partial charge is 0.328 e. The van der Waals surface area contributed by atoms with Crippen molar-refractivity contribution >= 4 is 57.6 Å². The molecule has 4 N–H and O–H groups in total.